The second kappa shape index (κ2) is 10.5. The van der Waals surface area contributed by atoms with Gasteiger partial charge in [0.25, 0.3) is 0 Å². The molecule has 0 aliphatic rings. The fourth-order valence-electron chi connectivity index (χ4n) is 2.58. The smallest absolute Gasteiger partial charge is 0.305 e. The van der Waals surface area contributed by atoms with E-state index < -0.39 is 24.0 Å². The van der Waals surface area contributed by atoms with Crippen LogP contribution in [0.2, 0.25) is 0 Å². The molecule has 0 heterocycles. The molecule has 0 saturated heterocycles. The average Bonchev–Trinajstić information content (AvgIpc) is 2.65. The number of aliphatic carboxylic acids is 1. The van der Waals surface area contributed by atoms with Crippen molar-refractivity contribution < 1.29 is 19.5 Å². The first-order chi connectivity index (χ1) is 12.9. The molecular formula is C18H20IN3O4S. The molecule has 2 amide bonds. The highest BCUT2D eigenvalue weighted by Gasteiger charge is 2.24. The van der Waals surface area contributed by atoms with Crippen LogP contribution in [0.5, 0.6) is 0 Å². The Balaban J connectivity index is 1.94. The van der Waals surface area contributed by atoms with Crippen molar-refractivity contribution in [3.63, 3.8) is 0 Å². The highest BCUT2D eigenvalue weighted by Crippen LogP contribution is 2.18. The van der Waals surface area contributed by atoms with Gasteiger partial charge < -0.3 is 15.7 Å². The van der Waals surface area contributed by atoms with Crippen LogP contribution in [0.1, 0.15) is 18.9 Å². The van der Waals surface area contributed by atoms with Crippen molar-refractivity contribution in [1.29, 1.82) is 0 Å². The lowest BCUT2D eigenvalue weighted by Gasteiger charge is -2.19. The van der Waals surface area contributed by atoms with Crippen molar-refractivity contribution in [3.8, 4) is 0 Å². The number of nitrogens with one attached hydrogen (secondary N) is 3. The van der Waals surface area contributed by atoms with Crippen LogP contribution in [-0.2, 0) is 20.9 Å². The molecule has 0 spiro atoms. The molecule has 0 fully saturated rings. The first kappa shape index (κ1) is 21.5. The van der Waals surface area contributed by atoms with Gasteiger partial charge in [-0.15, -0.1) is 0 Å². The van der Waals surface area contributed by atoms with Crippen LogP contribution in [0.25, 0.3) is 10.8 Å². The molecule has 7 nitrogen and oxygen atoms in total. The summed E-state index contributed by atoms with van der Waals surface area (Å²) in [7, 11) is 1.12. The van der Waals surface area contributed by atoms with E-state index in [0.717, 1.165) is 25.5 Å². The zero-order valence-electron chi connectivity index (χ0n) is 14.6. The minimum absolute atomic E-state index is 0.334. The maximum Gasteiger partial charge on any atom is 0.305 e. The standard InChI is InChI=1S/C18H20IN3O4S/c1-11(21-18(26)15(22-27-19)9-16(23)24)17(25)20-10-13-7-4-6-12-5-2-3-8-14(12)13/h2-8,11,15,22H,9-10H2,1H3,(H,20,25)(H,21,26)(H,23,24)/t11-,15-/m0/s1. The maximum absolute atomic E-state index is 12.3. The number of carbonyl (C=O) groups is 3. The number of fused-ring (bicyclic) bond motifs is 1. The van der Waals surface area contributed by atoms with Gasteiger partial charge in [-0.25, -0.2) is 4.72 Å². The highest BCUT2D eigenvalue weighted by atomic mass is 127. The second-order valence-electron chi connectivity index (χ2n) is 5.93. The topological polar surface area (TPSA) is 108 Å². The van der Waals surface area contributed by atoms with Crippen LogP contribution in [0.3, 0.4) is 0 Å². The predicted molar refractivity (Wildman–Crippen MR) is 114 cm³/mol. The van der Waals surface area contributed by atoms with Gasteiger partial charge in [-0.05, 0) is 32.4 Å². The molecule has 0 aromatic heterocycles. The Hall–Kier alpha value is -1.85. The summed E-state index contributed by atoms with van der Waals surface area (Å²) in [5.74, 6) is -1.97. The van der Waals surface area contributed by atoms with E-state index >= 15 is 0 Å². The Morgan fingerprint density at radius 1 is 1.11 bits per heavy atom. The van der Waals surface area contributed by atoms with Gasteiger partial charge in [0.05, 0.1) is 6.42 Å². The van der Waals surface area contributed by atoms with Gasteiger partial charge in [0.15, 0.2) is 0 Å². The molecule has 2 aromatic carbocycles. The Labute approximate surface area is 173 Å². The lowest BCUT2D eigenvalue weighted by atomic mass is 10.0. The van der Waals surface area contributed by atoms with Gasteiger partial charge in [-0.1, -0.05) is 42.5 Å². The molecule has 2 rings (SSSR count). The molecule has 9 heteroatoms. The van der Waals surface area contributed by atoms with E-state index in [9.17, 15) is 14.4 Å². The first-order valence-corrected chi connectivity index (χ1v) is 11.6. The number of hydrogen-bond acceptors (Lipinski definition) is 5. The molecule has 27 heavy (non-hydrogen) atoms. The van der Waals surface area contributed by atoms with Crippen molar-refractivity contribution in [3.05, 3.63) is 48.0 Å². The molecule has 144 valence electrons. The molecule has 0 bridgehead atoms. The molecule has 0 radical (unpaired) electrons. The SMILES string of the molecule is C[C@H](NC(=O)[C@H](CC(=O)O)NSI)C(=O)NCc1cccc2ccccc12. The van der Waals surface area contributed by atoms with Crippen LogP contribution in [0, 0.1) is 0 Å². The number of carboxylic acids is 1. The normalized spacial score (nSPS) is 13.0. The largest absolute Gasteiger partial charge is 0.481 e. The monoisotopic (exact) mass is 501 g/mol. The number of benzene rings is 2. The van der Waals surface area contributed by atoms with Crippen LogP contribution in [0.15, 0.2) is 42.5 Å². The van der Waals surface area contributed by atoms with Crippen LogP contribution in [-0.4, -0.2) is 35.0 Å². The van der Waals surface area contributed by atoms with E-state index in [1.807, 2.05) is 63.7 Å². The number of amides is 2. The Morgan fingerprint density at radius 2 is 1.81 bits per heavy atom. The summed E-state index contributed by atoms with van der Waals surface area (Å²) >= 11 is 1.91. The lowest BCUT2D eigenvalue weighted by Crippen LogP contribution is -2.50. The van der Waals surface area contributed by atoms with Crippen LogP contribution >= 0.6 is 30.3 Å². The van der Waals surface area contributed by atoms with Crippen LogP contribution < -0.4 is 15.4 Å². The third kappa shape index (κ3) is 6.36. The second-order valence-corrected chi connectivity index (χ2v) is 7.64. The third-order valence-corrected chi connectivity index (χ3v) is 5.10. The van der Waals surface area contributed by atoms with Gasteiger partial charge in [0, 0.05) is 27.8 Å². The van der Waals surface area contributed by atoms with E-state index in [1.54, 1.807) is 6.92 Å². The Bertz CT molecular complexity index is 828. The van der Waals surface area contributed by atoms with Crippen molar-refractivity contribution in [2.75, 3.05) is 0 Å². The maximum atomic E-state index is 12.3. The Kier molecular flexibility index (Phi) is 8.32. The highest BCUT2D eigenvalue weighted by molar-refractivity contribution is 14.2. The number of rotatable bonds is 9. The third-order valence-electron chi connectivity index (χ3n) is 3.97. The van der Waals surface area contributed by atoms with Gasteiger partial charge in [-0.3, -0.25) is 14.4 Å². The van der Waals surface area contributed by atoms with Gasteiger partial charge >= 0.3 is 5.97 Å². The van der Waals surface area contributed by atoms with E-state index in [1.165, 1.54) is 0 Å². The van der Waals surface area contributed by atoms with Crippen molar-refractivity contribution in [1.82, 2.24) is 15.4 Å². The summed E-state index contributed by atoms with van der Waals surface area (Å²) in [5, 5.41) is 16.4. The summed E-state index contributed by atoms with van der Waals surface area (Å²) in [6.07, 6.45) is -0.369. The van der Waals surface area contributed by atoms with Gasteiger partial charge in [0.1, 0.15) is 12.1 Å². The number of carboxylic acid groups (broad SMARTS) is 1. The molecule has 4 N–H and O–H groups in total. The summed E-state index contributed by atoms with van der Waals surface area (Å²) in [6.45, 7) is 1.90. The summed E-state index contributed by atoms with van der Waals surface area (Å²) in [6, 6.07) is 12.1. The predicted octanol–water partition coefficient (Wildman–Crippen LogP) is 2.39. The van der Waals surface area contributed by atoms with E-state index in [-0.39, 0.29) is 12.3 Å². The average molecular weight is 501 g/mol. The molecule has 0 aliphatic heterocycles. The van der Waals surface area contributed by atoms with Crippen molar-refractivity contribution >= 4 is 58.9 Å². The van der Waals surface area contributed by atoms with Crippen LogP contribution in [0.4, 0.5) is 0 Å². The van der Waals surface area contributed by atoms with Crippen molar-refractivity contribution in [2.24, 2.45) is 0 Å². The van der Waals surface area contributed by atoms with E-state index in [4.69, 9.17) is 5.11 Å². The number of carbonyl (C=O) groups excluding carboxylic acids is 2. The van der Waals surface area contributed by atoms with Crippen molar-refractivity contribution in [2.45, 2.75) is 32.0 Å². The minimum atomic E-state index is -1.10. The first-order valence-electron chi connectivity index (χ1n) is 8.22. The molecule has 0 unspecified atom stereocenters. The summed E-state index contributed by atoms with van der Waals surface area (Å²) in [4.78, 5) is 35.4. The lowest BCUT2D eigenvalue weighted by molar-refractivity contribution is -0.139. The molecule has 2 atom stereocenters. The fraction of sp³-hybridized carbons (Fsp3) is 0.278. The van der Waals surface area contributed by atoms with E-state index in [2.05, 4.69) is 15.4 Å². The molecular weight excluding hydrogens is 481 g/mol. The summed E-state index contributed by atoms with van der Waals surface area (Å²) in [5.41, 5.74) is 0.978. The quantitative estimate of drug-likeness (QED) is 0.311. The molecule has 2 aromatic rings. The molecule has 0 aliphatic carbocycles. The molecule has 0 saturated carbocycles. The zero-order valence-corrected chi connectivity index (χ0v) is 17.5. The number of hydrogen-bond donors (Lipinski definition) is 4. The zero-order chi connectivity index (χ0) is 19.8. The number of halogens is 1. The van der Waals surface area contributed by atoms with E-state index in [0.29, 0.717) is 6.54 Å². The summed E-state index contributed by atoms with van der Waals surface area (Å²) < 4.78 is 2.71. The minimum Gasteiger partial charge on any atom is -0.481 e. The van der Waals surface area contributed by atoms with Gasteiger partial charge in [0.2, 0.25) is 11.8 Å². The van der Waals surface area contributed by atoms with Gasteiger partial charge in [-0.2, -0.15) is 0 Å². The Morgan fingerprint density at radius 3 is 2.52 bits per heavy atom. The fourth-order valence-corrected chi connectivity index (χ4v) is 3.80.